The standard InChI is InChI=1S/C18H27N3O2/c1-4-5-11-23-17-8-6-7-16(12-17)19-13-18-14(2)20-21(9-10-22)15(18)3/h6-8,12,19,22H,4-5,9-11,13H2,1-3H3. The van der Waals surface area contributed by atoms with Crippen molar-refractivity contribution in [2.45, 2.75) is 46.7 Å². The number of aliphatic hydroxyl groups is 1. The zero-order valence-electron chi connectivity index (χ0n) is 14.3. The first kappa shape index (κ1) is 17.3. The molecule has 0 spiro atoms. The Morgan fingerprint density at radius 2 is 2.13 bits per heavy atom. The summed E-state index contributed by atoms with van der Waals surface area (Å²) in [7, 11) is 0. The van der Waals surface area contributed by atoms with Crippen LogP contribution in [0.2, 0.25) is 0 Å². The van der Waals surface area contributed by atoms with Crippen molar-refractivity contribution < 1.29 is 9.84 Å². The van der Waals surface area contributed by atoms with Crippen LogP contribution in [0.15, 0.2) is 24.3 Å². The Bertz CT molecular complexity index is 623. The van der Waals surface area contributed by atoms with E-state index in [1.807, 2.05) is 42.8 Å². The van der Waals surface area contributed by atoms with E-state index in [1.54, 1.807) is 0 Å². The summed E-state index contributed by atoms with van der Waals surface area (Å²) in [6.07, 6.45) is 2.20. The fourth-order valence-corrected chi connectivity index (χ4v) is 2.52. The minimum absolute atomic E-state index is 0.103. The number of aliphatic hydroxyl groups excluding tert-OH is 1. The Morgan fingerprint density at radius 1 is 1.30 bits per heavy atom. The van der Waals surface area contributed by atoms with Gasteiger partial charge in [0, 0.05) is 29.6 Å². The smallest absolute Gasteiger partial charge is 0.121 e. The van der Waals surface area contributed by atoms with Crippen molar-refractivity contribution in [3.63, 3.8) is 0 Å². The molecule has 0 radical (unpaired) electrons. The molecule has 0 saturated carbocycles. The lowest BCUT2D eigenvalue weighted by Crippen LogP contribution is -2.07. The van der Waals surface area contributed by atoms with Gasteiger partial charge in [0.2, 0.25) is 0 Å². The van der Waals surface area contributed by atoms with Crippen molar-refractivity contribution in [2.24, 2.45) is 0 Å². The van der Waals surface area contributed by atoms with Gasteiger partial charge in [0.15, 0.2) is 0 Å². The maximum Gasteiger partial charge on any atom is 0.121 e. The molecule has 0 fully saturated rings. The summed E-state index contributed by atoms with van der Waals surface area (Å²) in [6, 6.07) is 8.04. The predicted octanol–water partition coefficient (Wildman–Crippen LogP) is 3.28. The highest BCUT2D eigenvalue weighted by Crippen LogP contribution is 2.20. The molecular formula is C18H27N3O2. The van der Waals surface area contributed by atoms with E-state index in [9.17, 15) is 0 Å². The van der Waals surface area contributed by atoms with Gasteiger partial charge in [0.1, 0.15) is 5.75 Å². The SMILES string of the molecule is CCCCOc1cccc(NCc2c(C)nn(CCO)c2C)c1. The van der Waals surface area contributed by atoms with E-state index in [0.29, 0.717) is 13.1 Å². The zero-order chi connectivity index (χ0) is 16.7. The van der Waals surface area contributed by atoms with E-state index < -0.39 is 0 Å². The van der Waals surface area contributed by atoms with E-state index >= 15 is 0 Å². The molecule has 2 rings (SSSR count). The molecule has 5 heteroatoms. The highest BCUT2D eigenvalue weighted by molar-refractivity contribution is 5.49. The topological polar surface area (TPSA) is 59.3 Å². The van der Waals surface area contributed by atoms with Gasteiger partial charge in [0.25, 0.3) is 0 Å². The summed E-state index contributed by atoms with van der Waals surface area (Å²) in [4.78, 5) is 0. The number of hydrogen-bond acceptors (Lipinski definition) is 4. The number of unbranched alkanes of at least 4 members (excludes halogenated alkanes) is 1. The molecule has 0 aliphatic rings. The van der Waals surface area contributed by atoms with Crippen LogP contribution in [0.1, 0.15) is 36.7 Å². The largest absolute Gasteiger partial charge is 0.494 e. The second-order valence-corrected chi connectivity index (χ2v) is 5.68. The average molecular weight is 317 g/mol. The van der Waals surface area contributed by atoms with Crippen LogP contribution in [0.5, 0.6) is 5.75 Å². The minimum atomic E-state index is 0.103. The molecule has 23 heavy (non-hydrogen) atoms. The molecule has 1 aromatic heterocycles. The van der Waals surface area contributed by atoms with Crippen molar-refractivity contribution in [1.82, 2.24) is 9.78 Å². The first-order valence-electron chi connectivity index (χ1n) is 8.26. The number of rotatable bonds is 9. The average Bonchev–Trinajstić information content (AvgIpc) is 2.81. The van der Waals surface area contributed by atoms with Crippen molar-refractivity contribution in [3.05, 3.63) is 41.2 Å². The lowest BCUT2D eigenvalue weighted by molar-refractivity contribution is 0.268. The number of aryl methyl sites for hydroxylation is 1. The van der Waals surface area contributed by atoms with Crippen LogP contribution in [0.4, 0.5) is 5.69 Å². The maximum atomic E-state index is 9.08. The second kappa shape index (κ2) is 8.58. The van der Waals surface area contributed by atoms with Crippen LogP contribution < -0.4 is 10.1 Å². The van der Waals surface area contributed by atoms with Crippen LogP contribution in [-0.4, -0.2) is 28.1 Å². The number of hydrogen-bond donors (Lipinski definition) is 2. The van der Waals surface area contributed by atoms with E-state index in [1.165, 1.54) is 5.56 Å². The molecule has 0 unspecified atom stereocenters. The zero-order valence-corrected chi connectivity index (χ0v) is 14.3. The van der Waals surface area contributed by atoms with Crippen molar-refractivity contribution in [2.75, 3.05) is 18.5 Å². The maximum absolute atomic E-state index is 9.08. The first-order chi connectivity index (χ1) is 11.2. The van der Waals surface area contributed by atoms with Gasteiger partial charge in [-0.1, -0.05) is 19.4 Å². The Hall–Kier alpha value is -2.01. The van der Waals surface area contributed by atoms with Gasteiger partial charge in [-0.05, 0) is 32.4 Å². The Labute approximate surface area is 138 Å². The summed E-state index contributed by atoms with van der Waals surface area (Å²) in [5.41, 5.74) is 4.31. The Balaban J connectivity index is 1.99. The molecule has 0 bridgehead atoms. The number of nitrogens with zero attached hydrogens (tertiary/aromatic N) is 2. The van der Waals surface area contributed by atoms with Gasteiger partial charge < -0.3 is 15.2 Å². The summed E-state index contributed by atoms with van der Waals surface area (Å²) in [5, 5.41) is 17.0. The van der Waals surface area contributed by atoms with Gasteiger partial charge in [-0.25, -0.2) is 0 Å². The highest BCUT2D eigenvalue weighted by atomic mass is 16.5. The van der Waals surface area contributed by atoms with E-state index in [2.05, 4.69) is 17.3 Å². The third kappa shape index (κ3) is 4.73. The molecule has 2 N–H and O–H groups in total. The van der Waals surface area contributed by atoms with Crippen LogP contribution in [-0.2, 0) is 13.1 Å². The van der Waals surface area contributed by atoms with Crippen molar-refractivity contribution >= 4 is 5.69 Å². The van der Waals surface area contributed by atoms with Crippen LogP contribution in [0.25, 0.3) is 0 Å². The van der Waals surface area contributed by atoms with Crippen LogP contribution in [0, 0.1) is 13.8 Å². The van der Waals surface area contributed by atoms with E-state index in [4.69, 9.17) is 9.84 Å². The lowest BCUT2D eigenvalue weighted by atomic mass is 10.2. The number of benzene rings is 1. The van der Waals surface area contributed by atoms with Crippen LogP contribution >= 0.6 is 0 Å². The number of aromatic nitrogens is 2. The fraction of sp³-hybridized carbons (Fsp3) is 0.500. The minimum Gasteiger partial charge on any atom is -0.494 e. The van der Waals surface area contributed by atoms with Gasteiger partial charge in [-0.15, -0.1) is 0 Å². The second-order valence-electron chi connectivity index (χ2n) is 5.68. The third-order valence-electron chi connectivity index (χ3n) is 3.91. The molecule has 2 aromatic rings. The summed E-state index contributed by atoms with van der Waals surface area (Å²) < 4.78 is 7.60. The Kier molecular flexibility index (Phi) is 6.47. The third-order valence-corrected chi connectivity index (χ3v) is 3.91. The lowest BCUT2D eigenvalue weighted by Gasteiger charge is -2.10. The molecule has 0 aliphatic carbocycles. The molecule has 0 atom stereocenters. The van der Waals surface area contributed by atoms with Crippen molar-refractivity contribution in [1.29, 1.82) is 0 Å². The number of ether oxygens (including phenoxy) is 1. The molecule has 126 valence electrons. The Morgan fingerprint density at radius 3 is 2.87 bits per heavy atom. The van der Waals surface area contributed by atoms with Crippen molar-refractivity contribution in [3.8, 4) is 5.75 Å². The monoisotopic (exact) mass is 317 g/mol. The summed E-state index contributed by atoms with van der Waals surface area (Å²) in [6.45, 7) is 8.30. The highest BCUT2D eigenvalue weighted by Gasteiger charge is 2.10. The first-order valence-corrected chi connectivity index (χ1v) is 8.26. The number of nitrogens with one attached hydrogen (secondary N) is 1. The molecular weight excluding hydrogens is 290 g/mol. The molecule has 0 aliphatic heterocycles. The van der Waals surface area contributed by atoms with Gasteiger partial charge in [-0.3, -0.25) is 4.68 Å². The van der Waals surface area contributed by atoms with Crippen LogP contribution in [0.3, 0.4) is 0 Å². The van der Waals surface area contributed by atoms with E-state index in [-0.39, 0.29) is 6.61 Å². The predicted molar refractivity (Wildman–Crippen MR) is 93.0 cm³/mol. The quantitative estimate of drug-likeness (QED) is 0.697. The molecule has 1 heterocycles. The fourth-order valence-electron chi connectivity index (χ4n) is 2.52. The summed E-state index contributed by atoms with van der Waals surface area (Å²) in [5.74, 6) is 0.896. The number of anilines is 1. The molecule has 0 amide bonds. The molecule has 1 aromatic carbocycles. The van der Waals surface area contributed by atoms with Gasteiger partial charge >= 0.3 is 0 Å². The van der Waals surface area contributed by atoms with E-state index in [0.717, 1.165) is 42.3 Å². The van der Waals surface area contributed by atoms with Gasteiger partial charge in [0.05, 0.1) is 25.5 Å². The summed E-state index contributed by atoms with van der Waals surface area (Å²) >= 11 is 0. The normalized spacial score (nSPS) is 10.8. The molecule has 0 saturated heterocycles. The molecule has 5 nitrogen and oxygen atoms in total. The van der Waals surface area contributed by atoms with Gasteiger partial charge in [-0.2, -0.15) is 5.10 Å².